The molecule has 0 saturated heterocycles. The summed E-state index contributed by atoms with van der Waals surface area (Å²) in [5.74, 6) is 0. The van der Waals surface area contributed by atoms with Crippen molar-refractivity contribution in [1.29, 1.82) is 0 Å². The Hall–Kier alpha value is 0.390. The van der Waals surface area contributed by atoms with Crippen molar-refractivity contribution in [2.24, 2.45) is 0 Å². The van der Waals surface area contributed by atoms with E-state index >= 15 is 0 Å². The molecule has 3 heteroatoms. The Kier molecular flexibility index (Phi) is 5.30. The third-order valence-corrected chi connectivity index (χ3v) is 5.33. The second-order valence-electron chi connectivity index (χ2n) is 4.80. The van der Waals surface area contributed by atoms with E-state index in [1.165, 1.54) is 37.7 Å². The maximum absolute atomic E-state index is 6.23. The molecular weight excluding hydrogens is 391 g/mol. The number of hydrogen-bond acceptors (Lipinski definition) is 1. The molecule has 1 nitrogen and oxygen atoms in total. The van der Waals surface area contributed by atoms with Gasteiger partial charge in [0.25, 0.3) is 0 Å². The Balaban J connectivity index is 1.95. The molecule has 0 heterocycles. The van der Waals surface area contributed by atoms with E-state index in [1.54, 1.807) is 0 Å². The maximum Gasteiger partial charge on any atom is 0.0776 e. The molecule has 0 bridgehead atoms. The summed E-state index contributed by atoms with van der Waals surface area (Å²) in [7, 11) is 0. The lowest BCUT2D eigenvalue weighted by atomic mass is 9.86. The van der Waals surface area contributed by atoms with Crippen molar-refractivity contribution < 1.29 is 4.74 Å². The minimum Gasteiger partial charge on any atom is -0.370 e. The van der Waals surface area contributed by atoms with E-state index in [2.05, 4.69) is 62.8 Å². The summed E-state index contributed by atoms with van der Waals surface area (Å²) in [6, 6.07) is 8.40. The minimum absolute atomic E-state index is 0.140. The molecule has 2 rings (SSSR count). The monoisotopic (exact) mass is 408 g/mol. The quantitative estimate of drug-likeness (QED) is 0.497. The zero-order valence-electron chi connectivity index (χ0n) is 9.92. The molecule has 1 aliphatic carbocycles. The predicted molar refractivity (Wildman–Crippen MR) is 83.6 cm³/mol. The second kappa shape index (κ2) is 6.53. The van der Waals surface area contributed by atoms with Crippen LogP contribution in [0.3, 0.4) is 0 Å². The van der Waals surface area contributed by atoms with Crippen molar-refractivity contribution in [1.82, 2.24) is 0 Å². The van der Waals surface area contributed by atoms with Gasteiger partial charge in [0.15, 0.2) is 0 Å². The van der Waals surface area contributed by atoms with Crippen molar-refractivity contribution >= 4 is 38.5 Å². The highest BCUT2D eigenvalue weighted by Gasteiger charge is 2.31. The normalized spacial score (nSPS) is 19.2. The second-order valence-corrected chi connectivity index (χ2v) is 6.47. The standard InChI is InChI=1S/C14H18BrIO/c15-13-6-4-5-12(9-13)10-17-14(11-16)7-2-1-3-8-14/h4-6,9H,1-3,7-8,10-11H2. The molecule has 1 aliphatic rings. The summed E-state index contributed by atoms with van der Waals surface area (Å²) >= 11 is 5.98. The van der Waals surface area contributed by atoms with Gasteiger partial charge in [-0.05, 0) is 30.5 Å². The Labute approximate surface area is 126 Å². The fraction of sp³-hybridized carbons (Fsp3) is 0.571. The van der Waals surface area contributed by atoms with E-state index in [0.29, 0.717) is 0 Å². The summed E-state index contributed by atoms with van der Waals surface area (Å²) in [5.41, 5.74) is 1.40. The number of alkyl halides is 1. The molecule has 1 fully saturated rings. The van der Waals surface area contributed by atoms with Crippen LogP contribution in [0.5, 0.6) is 0 Å². The van der Waals surface area contributed by atoms with Crippen LogP contribution in [0.4, 0.5) is 0 Å². The first-order valence-electron chi connectivity index (χ1n) is 6.18. The fourth-order valence-electron chi connectivity index (χ4n) is 2.38. The van der Waals surface area contributed by atoms with Crippen LogP contribution < -0.4 is 0 Å². The van der Waals surface area contributed by atoms with Crippen molar-refractivity contribution in [2.75, 3.05) is 4.43 Å². The molecule has 0 N–H and O–H groups in total. The van der Waals surface area contributed by atoms with Gasteiger partial charge in [-0.1, -0.05) is 69.9 Å². The number of ether oxygens (including phenoxy) is 1. The number of rotatable bonds is 4. The molecule has 1 saturated carbocycles. The molecule has 1 aromatic rings. The van der Waals surface area contributed by atoms with Crippen LogP contribution in [0.25, 0.3) is 0 Å². The van der Waals surface area contributed by atoms with E-state index in [9.17, 15) is 0 Å². The lowest BCUT2D eigenvalue weighted by molar-refractivity contribution is -0.0607. The Morgan fingerprint density at radius 3 is 2.65 bits per heavy atom. The Morgan fingerprint density at radius 2 is 2.00 bits per heavy atom. The van der Waals surface area contributed by atoms with Crippen LogP contribution in [0, 0.1) is 0 Å². The van der Waals surface area contributed by atoms with Crippen molar-refractivity contribution in [3.63, 3.8) is 0 Å². The molecule has 0 aliphatic heterocycles. The number of hydrogen-bond donors (Lipinski definition) is 0. The highest BCUT2D eigenvalue weighted by molar-refractivity contribution is 14.1. The predicted octanol–water partition coefficient (Wildman–Crippen LogP) is 5.10. The van der Waals surface area contributed by atoms with E-state index in [-0.39, 0.29) is 5.60 Å². The Bertz CT molecular complexity index is 361. The largest absolute Gasteiger partial charge is 0.370 e. The maximum atomic E-state index is 6.23. The lowest BCUT2D eigenvalue weighted by Crippen LogP contribution is -2.36. The van der Waals surface area contributed by atoms with Gasteiger partial charge in [0, 0.05) is 8.90 Å². The average Bonchev–Trinajstić information content (AvgIpc) is 2.38. The van der Waals surface area contributed by atoms with E-state index in [4.69, 9.17) is 4.74 Å². The van der Waals surface area contributed by atoms with Crippen LogP contribution >= 0.6 is 38.5 Å². The summed E-state index contributed by atoms with van der Waals surface area (Å²) < 4.78 is 8.47. The van der Waals surface area contributed by atoms with Crippen LogP contribution in [-0.4, -0.2) is 10.0 Å². The van der Waals surface area contributed by atoms with Gasteiger partial charge in [-0.2, -0.15) is 0 Å². The van der Waals surface area contributed by atoms with Gasteiger partial charge in [0.05, 0.1) is 12.2 Å². The molecule has 0 amide bonds. The van der Waals surface area contributed by atoms with E-state index in [0.717, 1.165) is 15.5 Å². The summed E-state index contributed by atoms with van der Waals surface area (Å²) in [6.07, 6.45) is 6.47. The molecule has 94 valence electrons. The SMILES string of the molecule is Brc1cccc(COC2(CI)CCCCC2)c1. The van der Waals surface area contributed by atoms with Gasteiger partial charge in [-0.15, -0.1) is 0 Å². The smallest absolute Gasteiger partial charge is 0.0776 e. The molecule has 0 aromatic heterocycles. The van der Waals surface area contributed by atoms with Crippen LogP contribution in [-0.2, 0) is 11.3 Å². The van der Waals surface area contributed by atoms with Crippen molar-refractivity contribution in [3.05, 3.63) is 34.3 Å². The highest BCUT2D eigenvalue weighted by Crippen LogP contribution is 2.34. The van der Waals surface area contributed by atoms with Crippen LogP contribution in [0.2, 0.25) is 0 Å². The van der Waals surface area contributed by atoms with Crippen LogP contribution in [0.1, 0.15) is 37.7 Å². The van der Waals surface area contributed by atoms with Gasteiger partial charge in [0.2, 0.25) is 0 Å². The van der Waals surface area contributed by atoms with Gasteiger partial charge in [-0.3, -0.25) is 0 Å². The Morgan fingerprint density at radius 1 is 1.24 bits per heavy atom. The first-order chi connectivity index (χ1) is 8.24. The molecule has 0 spiro atoms. The van der Waals surface area contributed by atoms with Gasteiger partial charge in [-0.25, -0.2) is 0 Å². The summed E-state index contributed by atoms with van der Waals surface area (Å²) in [6.45, 7) is 0.739. The van der Waals surface area contributed by atoms with Crippen molar-refractivity contribution in [3.8, 4) is 0 Å². The fourth-order valence-corrected chi connectivity index (χ4v) is 3.81. The topological polar surface area (TPSA) is 9.23 Å². The van der Waals surface area contributed by atoms with Gasteiger partial charge in [0.1, 0.15) is 0 Å². The third-order valence-electron chi connectivity index (χ3n) is 3.44. The van der Waals surface area contributed by atoms with Crippen LogP contribution in [0.15, 0.2) is 28.7 Å². The first kappa shape index (κ1) is 13.8. The molecule has 0 unspecified atom stereocenters. The molecule has 0 radical (unpaired) electrons. The highest BCUT2D eigenvalue weighted by atomic mass is 127. The van der Waals surface area contributed by atoms with Crippen molar-refractivity contribution in [2.45, 2.75) is 44.3 Å². The lowest BCUT2D eigenvalue weighted by Gasteiger charge is -2.35. The number of benzene rings is 1. The summed E-state index contributed by atoms with van der Waals surface area (Å²) in [5, 5.41) is 0. The minimum atomic E-state index is 0.140. The zero-order chi connectivity index (χ0) is 12.1. The number of halogens is 2. The summed E-state index contributed by atoms with van der Waals surface area (Å²) in [4.78, 5) is 0. The van der Waals surface area contributed by atoms with E-state index in [1.807, 2.05) is 0 Å². The third kappa shape index (κ3) is 3.93. The first-order valence-corrected chi connectivity index (χ1v) is 8.50. The molecule has 0 atom stereocenters. The van der Waals surface area contributed by atoms with Gasteiger partial charge < -0.3 is 4.74 Å². The molecular formula is C14H18BrIO. The molecule has 1 aromatic carbocycles. The molecule has 17 heavy (non-hydrogen) atoms. The average molecular weight is 409 g/mol. The van der Waals surface area contributed by atoms with Gasteiger partial charge >= 0.3 is 0 Å². The zero-order valence-corrected chi connectivity index (χ0v) is 13.7. The van der Waals surface area contributed by atoms with E-state index < -0.39 is 0 Å².